The number of aromatic nitrogens is 1. The van der Waals surface area contributed by atoms with Crippen molar-refractivity contribution in [2.45, 2.75) is 0 Å². The molecule has 0 aliphatic rings. The zero-order valence-electron chi connectivity index (χ0n) is 9.36. The van der Waals surface area contributed by atoms with Gasteiger partial charge in [-0.2, -0.15) is 0 Å². The molecule has 88 valence electrons. The minimum Gasteiger partial charge on any atom is -0.465 e. The lowest BCUT2D eigenvalue weighted by Gasteiger charge is -2.09. The van der Waals surface area contributed by atoms with Gasteiger partial charge in [0.25, 0.3) is 5.56 Å². The number of para-hydroxylation sites is 1. The summed E-state index contributed by atoms with van der Waals surface area (Å²) >= 11 is 6.08. The minimum atomic E-state index is -0.721. The smallest absolute Gasteiger partial charge is 0.345 e. The van der Waals surface area contributed by atoms with Gasteiger partial charge in [-0.05, 0) is 6.07 Å². The highest BCUT2D eigenvalue weighted by Crippen LogP contribution is 2.24. The summed E-state index contributed by atoms with van der Waals surface area (Å²) in [5.74, 6) is -0.721. The summed E-state index contributed by atoms with van der Waals surface area (Å²) in [5, 5.41) is 0.784. The van der Waals surface area contributed by atoms with Crippen LogP contribution < -0.4 is 5.56 Å². The van der Waals surface area contributed by atoms with Gasteiger partial charge in [0.15, 0.2) is 0 Å². The van der Waals surface area contributed by atoms with Crippen LogP contribution in [0, 0.1) is 0 Å². The van der Waals surface area contributed by atoms with E-state index in [0.717, 1.165) is 0 Å². The zero-order valence-corrected chi connectivity index (χ0v) is 10.1. The van der Waals surface area contributed by atoms with E-state index in [4.69, 9.17) is 11.6 Å². The van der Waals surface area contributed by atoms with Crippen molar-refractivity contribution in [3.63, 3.8) is 0 Å². The van der Waals surface area contributed by atoms with E-state index in [1.54, 1.807) is 31.3 Å². The zero-order chi connectivity index (χ0) is 12.6. The summed E-state index contributed by atoms with van der Waals surface area (Å²) in [5.41, 5.74) is 0.0890. The first-order chi connectivity index (χ1) is 8.07. The number of ether oxygens (including phenoxy) is 1. The lowest BCUT2D eigenvalue weighted by Crippen LogP contribution is -2.26. The SMILES string of the molecule is COC(=O)c1c(Cl)c2ccccc2n(C)c1=O. The summed E-state index contributed by atoms with van der Waals surface area (Å²) in [4.78, 5) is 23.5. The number of aryl methyl sites for hydroxylation is 1. The molecule has 0 aliphatic heterocycles. The van der Waals surface area contributed by atoms with Crippen LogP contribution in [0.15, 0.2) is 29.1 Å². The molecule has 4 nitrogen and oxygen atoms in total. The van der Waals surface area contributed by atoms with E-state index >= 15 is 0 Å². The number of pyridine rings is 1. The van der Waals surface area contributed by atoms with Gasteiger partial charge in [-0.3, -0.25) is 4.79 Å². The molecule has 0 bridgehead atoms. The number of rotatable bonds is 1. The van der Waals surface area contributed by atoms with Crippen molar-refractivity contribution in [2.75, 3.05) is 7.11 Å². The molecule has 0 saturated heterocycles. The van der Waals surface area contributed by atoms with Gasteiger partial charge in [-0.25, -0.2) is 4.79 Å². The second kappa shape index (κ2) is 4.22. The number of halogens is 1. The van der Waals surface area contributed by atoms with E-state index in [1.807, 2.05) is 0 Å². The van der Waals surface area contributed by atoms with Crippen LogP contribution in [0.5, 0.6) is 0 Å². The van der Waals surface area contributed by atoms with E-state index in [0.29, 0.717) is 10.9 Å². The lowest BCUT2D eigenvalue weighted by molar-refractivity contribution is 0.0598. The van der Waals surface area contributed by atoms with Crippen molar-refractivity contribution in [3.8, 4) is 0 Å². The summed E-state index contributed by atoms with van der Waals surface area (Å²) in [7, 11) is 2.81. The third-order valence-corrected chi connectivity index (χ3v) is 3.02. The fraction of sp³-hybridized carbons (Fsp3) is 0.167. The molecule has 0 atom stereocenters. The molecule has 1 heterocycles. The van der Waals surface area contributed by atoms with E-state index in [9.17, 15) is 9.59 Å². The topological polar surface area (TPSA) is 48.3 Å². The number of carbonyl (C=O) groups excluding carboxylic acids is 1. The average molecular weight is 252 g/mol. The van der Waals surface area contributed by atoms with Crippen LogP contribution in [0.25, 0.3) is 10.9 Å². The van der Waals surface area contributed by atoms with Crippen molar-refractivity contribution in [3.05, 3.63) is 45.2 Å². The average Bonchev–Trinajstić information content (AvgIpc) is 2.36. The van der Waals surface area contributed by atoms with Gasteiger partial charge in [0, 0.05) is 12.4 Å². The van der Waals surface area contributed by atoms with Crippen LogP contribution in [0.3, 0.4) is 0 Å². The van der Waals surface area contributed by atoms with Crippen molar-refractivity contribution >= 4 is 28.5 Å². The largest absolute Gasteiger partial charge is 0.465 e. The summed E-state index contributed by atoms with van der Waals surface area (Å²) < 4.78 is 5.95. The first-order valence-corrected chi connectivity index (χ1v) is 5.31. The Labute approximate surface area is 102 Å². The fourth-order valence-corrected chi connectivity index (χ4v) is 2.05. The standard InChI is InChI=1S/C12H10ClNO3/c1-14-8-6-4-3-5-7(8)10(13)9(11(14)15)12(16)17-2/h3-6H,1-2H3. The number of nitrogens with zero attached hydrogens (tertiary/aromatic N) is 1. The van der Waals surface area contributed by atoms with Crippen molar-refractivity contribution in [1.29, 1.82) is 0 Å². The molecule has 2 aromatic rings. The maximum absolute atomic E-state index is 12.0. The van der Waals surface area contributed by atoms with Gasteiger partial charge in [-0.1, -0.05) is 29.8 Å². The molecule has 0 amide bonds. The van der Waals surface area contributed by atoms with Gasteiger partial charge >= 0.3 is 5.97 Å². The van der Waals surface area contributed by atoms with Crippen LogP contribution in [-0.4, -0.2) is 17.6 Å². The predicted octanol–water partition coefficient (Wildman–Crippen LogP) is 1.98. The lowest BCUT2D eigenvalue weighted by atomic mass is 10.1. The molecule has 17 heavy (non-hydrogen) atoms. The molecule has 0 fully saturated rings. The molecular weight excluding hydrogens is 242 g/mol. The number of fused-ring (bicyclic) bond motifs is 1. The highest BCUT2D eigenvalue weighted by atomic mass is 35.5. The molecule has 0 unspecified atom stereocenters. The highest BCUT2D eigenvalue weighted by molar-refractivity contribution is 6.38. The Balaban J connectivity index is 2.97. The van der Waals surface area contributed by atoms with Crippen LogP contribution in [0.4, 0.5) is 0 Å². The van der Waals surface area contributed by atoms with Gasteiger partial charge in [0.1, 0.15) is 5.56 Å². The third-order valence-electron chi connectivity index (χ3n) is 2.63. The first-order valence-electron chi connectivity index (χ1n) is 4.93. The van der Waals surface area contributed by atoms with E-state index in [1.165, 1.54) is 11.7 Å². The fourth-order valence-electron chi connectivity index (χ4n) is 1.74. The molecule has 1 aromatic heterocycles. The van der Waals surface area contributed by atoms with E-state index in [2.05, 4.69) is 4.74 Å². The second-order valence-electron chi connectivity index (χ2n) is 3.56. The maximum Gasteiger partial charge on any atom is 0.345 e. The molecule has 0 radical (unpaired) electrons. The molecule has 0 spiro atoms. The Morgan fingerprint density at radius 2 is 2.00 bits per heavy atom. The predicted molar refractivity (Wildman–Crippen MR) is 65.5 cm³/mol. The normalized spacial score (nSPS) is 10.5. The molecule has 0 N–H and O–H groups in total. The Morgan fingerprint density at radius 3 is 2.65 bits per heavy atom. The Morgan fingerprint density at radius 1 is 1.35 bits per heavy atom. The van der Waals surface area contributed by atoms with Gasteiger partial charge < -0.3 is 9.30 Å². The number of methoxy groups -OCH3 is 1. The highest BCUT2D eigenvalue weighted by Gasteiger charge is 2.20. The van der Waals surface area contributed by atoms with Crippen LogP contribution in [0.1, 0.15) is 10.4 Å². The summed E-state index contributed by atoms with van der Waals surface area (Å²) in [6.07, 6.45) is 0. The number of benzene rings is 1. The quantitative estimate of drug-likeness (QED) is 0.728. The monoisotopic (exact) mass is 251 g/mol. The number of carbonyl (C=O) groups is 1. The molecule has 5 heteroatoms. The number of hydrogen-bond donors (Lipinski definition) is 0. The van der Waals surface area contributed by atoms with Crippen molar-refractivity contribution in [1.82, 2.24) is 4.57 Å². The maximum atomic E-state index is 12.0. The number of esters is 1. The van der Waals surface area contributed by atoms with Crippen LogP contribution in [0.2, 0.25) is 5.02 Å². The third kappa shape index (κ3) is 1.70. The Hall–Kier alpha value is -1.81. The van der Waals surface area contributed by atoms with Gasteiger partial charge in [0.05, 0.1) is 17.6 Å². The Kier molecular flexibility index (Phi) is 2.90. The summed E-state index contributed by atoms with van der Waals surface area (Å²) in [6.45, 7) is 0. The van der Waals surface area contributed by atoms with Gasteiger partial charge in [-0.15, -0.1) is 0 Å². The minimum absolute atomic E-state index is 0.129. The van der Waals surface area contributed by atoms with Crippen LogP contribution in [-0.2, 0) is 11.8 Å². The van der Waals surface area contributed by atoms with E-state index < -0.39 is 11.5 Å². The van der Waals surface area contributed by atoms with Gasteiger partial charge in [0.2, 0.25) is 0 Å². The molecule has 0 saturated carbocycles. The molecule has 2 rings (SSSR count). The second-order valence-corrected chi connectivity index (χ2v) is 3.94. The summed E-state index contributed by atoms with van der Waals surface area (Å²) in [6, 6.07) is 7.11. The van der Waals surface area contributed by atoms with E-state index in [-0.39, 0.29) is 10.6 Å². The first kappa shape index (κ1) is 11.7. The Bertz CT molecular complexity index is 661. The molecule has 0 aliphatic carbocycles. The molecular formula is C12H10ClNO3. The number of hydrogen-bond acceptors (Lipinski definition) is 3. The van der Waals surface area contributed by atoms with Crippen LogP contribution >= 0.6 is 11.6 Å². The van der Waals surface area contributed by atoms with Crippen molar-refractivity contribution < 1.29 is 9.53 Å². The van der Waals surface area contributed by atoms with Crippen molar-refractivity contribution in [2.24, 2.45) is 7.05 Å². The molecule has 1 aromatic carbocycles.